The third-order valence-corrected chi connectivity index (χ3v) is 2.18. The van der Waals surface area contributed by atoms with Gasteiger partial charge in [-0.1, -0.05) is 19.9 Å². The van der Waals surface area contributed by atoms with Gasteiger partial charge in [0.25, 0.3) is 0 Å². The number of benzene rings is 1. The van der Waals surface area contributed by atoms with Gasteiger partial charge >= 0.3 is 13.3 Å². The molecule has 0 aromatic heterocycles. The van der Waals surface area contributed by atoms with E-state index in [-0.39, 0.29) is 23.7 Å². The number of alkyl halides is 3. The SMILES string of the molecule is CC(C)COc1ccc(B(O)O)cc1C(F)(F)F. The molecule has 0 aliphatic carbocycles. The molecule has 0 unspecified atom stereocenters. The van der Waals surface area contributed by atoms with Crippen molar-refractivity contribution in [1.29, 1.82) is 0 Å². The minimum atomic E-state index is -4.60. The van der Waals surface area contributed by atoms with Gasteiger partial charge in [-0.15, -0.1) is 0 Å². The third kappa shape index (κ3) is 3.92. The Bertz CT molecular complexity index is 405. The number of rotatable bonds is 4. The molecule has 2 N–H and O–H groups in total. The third-order valence-electron chi connectivity index (χ3n) is 2.18. The fourth-order valence-corrected chi connectivity index (χ4v) is 1.31. The van der Waals surface area contributed by atoms with Gasteiger partial charge in [-0.2, -0.15) is 13.2 Å². The predicted octanol–water partition coefficient (Wildman–Crippen LogP) is 1.42. The Morgan fingerprint density at radius 1 is 1.28 bits per heavy atom. The number of halogens is 3. The summed E-state index contributed by atoms with van der Waals surface area (Å²) < 4.78 is 43.4. The Labute approximate surface area is 103 Å². The monoisotopic (exact) mass is 262 g/mol. The zero-order valence-electron chi connectivity index (χ0n) is 10.0. The quantitative estimate of drug-likeness (QED) is 0.807. The molecule has 0 saturated carbocycles. The highest BCUT2D eigenvalue weighted by molar-refractivity contribution is 6.58. The molecule has 0 bridgehead atoms. The number of hydrogen-bond donors (Lipinski definition) is 2. The van der Waals surface area contributed by atoms with E-state index in [4.69, 9.17) is 14.8 Å². The van der Waals surface area contributed by atoms with Gasteiger partial charge in [0, 0.05) is 0 Å². The van der Waals surface area contributed by atoms with E-state index in [0.29, 0.717) is 6.07 Å². The molecule has 0 aliphatic heterocycles. The summed E-state index contributed by atoms with van der Waals surface area (Å²) in [5.74, 6) is -0.213. The molecule has 3 nitrogen and oxygen atoms in total. The maximum atomic E-state index is 12.8. The van der Waals surface area contributed by atoms with Gasteiger partial charge in [-0.3, -0.25) is 0 Å². The lowest BCUT2D eigenvalue weighted by atomic mass is 9.79. The lowest BCUT2D eigenvalue weighted by molar-refractivity contribution is -0.139. The van der Waals surface area contributed by atoms with Crippen LogP contribution in [0.3, 0.4) is 0 Å². The maximum Gasteiger partial charge on any atom is 0.488 e. The van der Waals surface area contributed by atoms with Crippen LogP contribution in [0.4, 0.5) is 13.2 Å². The molecule has 7 heteroatoms. The lowest BCUT2D eigenvalue weighted by Crippen LogP contribution is -2.31. The highest BCUT2D eigenvalue weighted by Crippen LogP contribution is 2.35. The van der Waals surface area contributed by atoms with Crippen LogP contribution in [0.2, 0.25) is 0 Å². The predicted molar refractivity (Wildman–Crippen MR) is 61.6 cm³/mol. The van der Waals surface area contributed by atoms with E-state index in [9.17, 15) is 13.2 Å². The molecular formula is C11H14BF3O3. The minimum absolute atomic E-state index is 0.0918. The molecule has 0 aliphatic rings. The summed E-state index contributed by atoms with van der Waals surface area (Å²) in [5, 5.41) is 17.7. The summed E-state index contributed by atoms with van der Waals surface area (Å²) in [6.07, 6.45) is -4.60. The normalized spacial score (nSPS) is 11.8. The first-order chi connectivity index (χ1) is 8.21. The summed E-state index contributed by atoms with van der Waals surface area (Å²) >= 11 is 0. The van der Waals surface area contributed by atoms with Gasteiger partial charge in [0.2, 0.25) is 0 Å². The molecule has 0 atom stereocenters. The van der Waals surface area contributed by atoms with E-state index in [1.165, 1.54) is 6.07 Å². The van der Waals surface area contributed by atoms with Crippen molar-refractivity contribution in [3.05, 3.63) is 23.8 Å². The Balaban J connectivity index is 3.09. The largest absolute Gasteiger partial charge is 0.493 e. The van der Waals surface area contributed by atoms with Gasteiger partial charge in [0.15, 0.2) is 0 Å². The van der Waals surface area contributed by atoms with Crippen molar-refractivity contribution >= 4 is 12.6 Å². The van der Waals surface area contributed by atoms with E-state index < -0.39 is 18.9 Å². The second-order valence-electron chi connectivity index (χ2n) is 4.33. The zero-order valence-corrected chi connectivity index (χ0v) is 10.0. The van der Waals surface area contributed by atoms with Crippen molar-refractivity contribution in [2.75, 3.05) is 6.61 Å². The molecule has 1 rings (SSSR count). The summed E-state index contributed by atoms with van der Waals surface area (Å²) in [6.45, 7) is 3.79. The molecule has 0 amide bonds. The van der Waals surface area contributed by atoms with Crippen LogP contribution in [0.1, 0.15) is 19.4 Å². The molecular weight excluding hydrogens is 248 g/mol. The van der Waals surface area contributed by atoms with Gasteiger partial charge in [-0.25, -0.2) is 0 Å². The number of hydrogen-bond acceptors (Lipinski definition) is 3. The van der Waals surface area contributed by atoms with Gasteiger partial charge in [0.05, 0.1) is 12.2 Å². The van der Waals surface area contributed by atoms with Gasteiger partial charge in [-0.05, 0) is 23.5 Å². The molecule has 100 valence electrons. The van der Waals surface area contributed by atoms with Crippen molar-refractivity contribution < 1.29 is 28.0 Å². The summed E-state index contributed by atoms with van der Waals surface area (Å²) in [5.41, 5.74) is -1.23. The van der Waals surface area contributed by atoms with E-state index in [1.807, 2.05) is 13.8 Å². The average Bonchev–Trinajstić information content (AvgIpc) is 2.24. The lowest BCUT2D eigenvalue weighted by Gasteiger charge is -2.16. The highest BCUT2D eigenvalue weighted by Gasteiger charge is 2.35. The standard InChI is InChI=1S/C11H14BF3O3/c1-7(2)6-18-10-4-3-8(12(16)17)5-9(10)11(13,14)15/h3-5,7,16-17H,6H2,1-2H3. The minimum Gasteiger partial charge on any atom is -0.493 e. The van der Waals surface area contributed by atoms with Crippen LogP contribution in [0, 0.1) is 5.92 Å². The molecule has 0 spiro atoms. The first-order valence-corrected chi connectivity index (χ1v) is 5.42. The summed E-state index contributed by atoms with van der Waals surface area (Å²) in [6, 6.07) is 2.97. The van der Waals surface area contributed by atoms with Crippen LogP contribution in [0.15, 0.2) is 18.2 Å². The fraction of sp³-hybridized carbons (Fsp3) is 0.455. The van der Waals surface area contributed by atoms with E-state index in [0.717, 1.165) is 6.07 Å². The van der Waals surface area contributed by atoms with E-state index >= 15 is 0 Å². The summed E-state index contributed by atoms with van der Waals surface area (Å²) in [4.78, 5) is 0. The molecule has 1 aromatic rings. The Kier molecular flexibility index (Phi) is 4.64. The summed E-state index contributed by atoms with van der Waals surface area (Å²) in [7, 11) is -1.94. The van der Waals surface area contributed by atoms with E-state index in [2.05, 4.69) is 0 Å². The Morgan fingerprint density at radius 3 is 2.33 bits per heavy atom. The molecule has 0 heterocycles. The van der Waals surface area contributed by atoms with Crippen molar-refractivity contribution in [3.63, 3.8) is 0 Å². The molecule has 18 heavy (non-hydrogen) atoms. The van der Waals surface area contributed by atoms with Crippen molar-refractivity contribution in [1.82, 2.24) is 0 Å². The molecule has 1 aromatic carbocycles. The van der Waals surface area contributed by atoms with Gasteiger partial charge < -0.3 is 14.8 Å². The van der Waals surface area contributed by atoms with Crippen LogP contribution in [0.5, 0.6) is 5.75 Å². The second kappa shape index (κ2) is 5.62. The van der Waals surface area contributed by atoms with Gasteiger partial charge in [0.1, 0.15) is 5.75 Å². The zero-order chi connectivity index (χ0) is 13.9. The van der Waals surface area contributed by atoms with E-state index in [1.54, 1.807) is 0 Å². The van der Waals surface area contributed by atoms with Crippen LogP contribution >= 0.6 is 0 Å². The topological polar surface area (TPSA) is 49.7 Å². The first kappa shape index (κ1) is 14.9. The van der Waals surface area contributed by atoms with Crippen molar-refractivity contribution in [3.8, 4) is 5.75 Å². The molecule has 0 fully saturated rings. The maximum absolute atomic E-state index is 12.8. The Morgan fingerprint density at radius 2 is 1.89 bits per heavy atom. The number of ether oxygens (including phenoxy) is 1. The van der Waals surface area contributed by atoms with Crippen LogP contribution in [-0.4, -0.2) is 23.8 Å². The molecule has 0 radical (unpaired) electrons. The molecule has 0 saturated heterocycles. The smallest absolute Gasteiger partial charge is 0.488 e. The second-order valence-corrected chi connectivity index (χ2v) is 4.33. The first-order valence-electron chi connectivity index (χ1n) is 5.42. The van der Waals surface area contributed by atoms with Crippen molar-refractivity contribution in [2.45, 2.75) is 20.0 Å². The average molecular weight is 262 g/mol. The fourth-order valence-electron chi connectivity index (χ4n) is 1.31. The highest BCUT2D eigenvalue weighted by atomic mass is 19.4. The van der Waals surface area contributed by atoms with Crippen LogP contribution in [0.25, 0.3) is 0 Å². The van der Waals surface area contributed by atoms with Crippen molar-refractivity contribution in [2.24, 2.45) is 5.92 Å². The Hall–Kier alpha value is -1.21. The van der Waals surface area contributed by atoms with Crippen LogP contribution in [-0.2, 0) is 6.18 Å². The van der Waals surface area contributed by atoms with Crippen LogP contribution < -0.4 is 10.2 Å².